The molecule has 0 atom stereocenters. The maximum Gasteiger partial charge on any atom is 0.338 e. The van der Waals surface area contributed by atoms with Crippen molar-refractivity contribution in [1.29, 1.82) is 5.26 Å². The van der Waals surface area contributed by atoms with Gasteiger partial charge in [0.25, 0.3) is 0 Å². The van der Waals surface area contributed by atoms with E-state index in [1.807, 2.05) is 67.6 Å². The Kier molecular flexibility index (Phi) is 6.18. The van der Waals surface area contributed by atoms with Crippen LogP contribution in [0.2, 0.25) is 0 Å². The van der Waals surface area contributed by atoms with E-state index in [4.69, 9.17) is 14.8 Å². The molecule has 0 saturated carbocycles. The molecule has 0 spiro atoms. The van der Waals surface area contributed by atoms with Crippen molar-refractivity contribution < 1.29 is 19.4 Å². The van der Waals surface area contributed by atoms with Crippen LogP contribution in [0.1, 0.15) is 32.0 Å². The summed E-state index contributed by atoms with van der Waals surface area (Å²) in [7, 11) is 1.32. The summed E-state index contributed by atoms with van der Waals surface area (Å²) in [4.78, 5) is 33.6. The highest BCUT2D eigenvalue weighted by Crippen LogP contribution is 2.43. The minimum Gasteiger partial charge on any atom is -0.478 e. The molecule has 0 saturated heterocycles. The second-order valence-corrected chi connectivity index (χ2v) is 10.3. The first-order valence-corrected chi connectivity index (χ1v) is 13.8. The van der Waals surface area contributed by atoms with E-state index < -0.39 is 11.9 Å². The van der Waals surface area contributed by atoms with Gasteiger partial charge in [-0.05, 0) is 48.2 Å². The lowest BCUT2D eigenvalue weighted by molar-refractivity contribution is 0.0602. The molecule has 212 valence electrons. The molecule has 0 aliphatic carbocycles. The summed E-state index contributed by atoms with van der Waals surface area (Å²) in [6.07, 6.45) is 1.72. The average molecular weight is 578 g/mol. The Morgan fingerprint density at radius 3 is 2.34 bits per heavy atom. The number of benzene rings is 4. The number of aromatic nitrogens is 4. The average Bonchev–Trinajstić information content (AvgIpc) is 3.64. The highest BCUT2D eigenvalue weighted by molar-refractivity contribution is 6.16. The van der Waals surface area contributed by atoms with Crippen molar-refractivity contribution >= 4 is 44.6 Å². The fourth-order valence-electron chi connectivity index (χ4n) is 6.02. The number of carbonyl (C=O) groups excluding carboxylic acids is 1. The number of aromatic amines is 1. The number of nitrogens with one attached hydrogen (secondary N) is 1. The molecule has 0 aliphatic heterocycles. The van der Waals surface area contributed by atoms with Crippen LogP contribution in [0.4, 0.5) is 0 Å². The Labute approximate surface area is 250 Å². The molecule has 7 rings (SSSR count). The van der Waals surface area contributed by atoms with Crippen molar-refractivity contribution in [2.75, 3.05) is 7.11 Å². The molecule has 0 amide bonds. The number of aromatic carboxylic acids is 1. The van der Waals surface area contributed by atoms with Crippen LogP contribution in [0, 0.1) is 18.3 Å². The van der Waals surface area contributed by atoms with Crippen LogP contribution in [0.15, 0.2) is 91.1 Å². The van der Waals surface area contributed by atoms with Gasteiger partial charge < -0.3 is 14.8 Å². The third-order valence-corrected chi connectivity index (χ3v) is 7.87. The topological polar surface area (TPSA) is 134 Å². The van der Waals surface area contributed by atoms with Crippen molar-refractivity contribution in [3.8, 4) is 34.1 Å². The van der Waals surface area contributed by atoms with Gasteiger partial charge in [0.1, 0.15) is 6.07 Å². The number of hydrogen-bond acceptors (Lipinski definition) is 6. The molecule has 0 unspecified atom stereocenters. The number of methoxy groups -OCH3 is 1. The summed E-state index contributed by atoms with van der Waals surface area (Å²) >= 11 is 0. The first-order valence-electron chi connectivity index (χ1n) is 13.8. The van der Waals surface area contributed by atoms with Gasteiger partial charge in [-0.1, -0.05) is 54.6 Å². The first-order chi connectivity index (χ1) is 21.4. The summed E-state index contributed by atoms with van der Waals surface area (Å²) in [5, 5.41) is 28.3. The van der Waals surface area contributed by atoms with Crippen LogP contribution in [0.25, 0.3) is 60.8 Å². The van der Waals surface area contributed by atoms with Gasteiger partial charge in [-0.25, -0.2) is 19.3 Å². The lowest BCUT2D eigenvalue weighted by Gasteiger charge is -2.16. The standard InChI is InChI=1S/C35H23N5O4/c1-19-28-31(22-13-6-9-20-10-7-14-23(29(20)22)34(41)42)25(17-36)32(38-33(28)40(39-19)21-11-4-3-5-12-21)26-18-37-27-16-8-15-24(30(26)27)35(43)44-2/h3-16,18,37H,1-2H3,(H,41,42). The molecule has 0 aliphatic rings. The summed E-state index contributed by atoms with van der Waals surface area (Å²) in [5.41, 5.74) is 5.10. The minimum atomic E-state index is -1.08. The maximum atomic E-state index is 12.9. The number of carboxylic acid groups (broad SMARTS) is 1. The summed E-state index contributed by atoms with van der Waals surface area (Å²) in [6, 6.07) is 27.8. The molecule has 3 aromatic heterocycles. The van der Waals surface area contributed by atoms with E-state index in [0.29, 0.717) is 66.4 Å². The number of fused-ring (bicyclic) bond motifs is 3. The van der Waals surface area contributed by atoms with E-state index in [0.717, 1.165) is 5.69 Å². The summed E-state index contributed by atoms with van der Waals surface area (Å²) in [6.45, 7) is 1.85. The molecule has 2 N–H and O–H groups in total. The molecular weight excluding hydrogens is 554 g/mol. The zero-order valence-electron chi connectivity index (χ0n) is 23.6. The number of esters is 1. The van der Waals surface area contributed by atoms with Gasteiger partial charge in [0.2, 0.25) is 0 Å². The van der Waals surface area contributed by atoms with E-state index >= 15 is 0 Å². The number of H-pyrrole nitrogens is 1. The molecule has 9 nitrogen and oxygen atoms in total. The zero-order valence-corrected chi connectivity index (χ0v) is 23.6. The smallest absolute Gasteiger partial charge is 0.338 e. The van der Waals surface area contributed by atoms with Gasteiger partial charge in [-0.15, -0.1) is 0 Å². The molecule has 4 aromatic carbocycles. The molecule has 3 heterocycles. The number of aryl methyl sites for hydroxylation is 1. The second kappa shape index (κ2) is 10.2. The quantitative estimate of drug-likeness (QED) is 0.209. The van der Waals surface area contributed by atoms with Crippen LogP contribution >= 0.6 is 0 Å². The number of nitriles is 1. The van der Waals surface area contributed by atoms with Gasteiger partial charge in [-0.2, -0.15) is 10.4 Å². The number of para-hydroxylation sites is 1. The highest BCUT2D eigenvalue weighted by Gasteiger charge is 2.28. The molecule has 7 aromatic rings. The number of carbonyl (C=O) groups is 2. The van der Waals surface area contributed by atoms with Crippen molar-refractivity contribution in [3.63, 3.8) is 0 Å². The van der Waals surface area contributed by atoms with Gasteiger partial charge in [0.15, 0.2) is 5.65 Å². The molecule has 0 fully saturated rings. The maximum absolute atomic E-state index is 12.9. The number of nitrogens with zero attached hydrogens (tertiary/aromatic N) is 4. The van der Waals surface area contributed by atoms with Crippen molar-refractivity contribution in [2.24, 2.45) is 0 Å². The Balaban J connectivity index is 1.70. The Hall–Kier alpha value is -6.27. The molecular formula is C35H23N5O4. The summed E-state index contributed by atoms with van der Waals surface area (Å²) in [5.74, 6) is -1.61. The third-order valence-electron chi connectivity index (χ3n) is 7.87. The van der Waals surface area contributed by atoms with Gasteiger partial charge in [-0.3, -0.25) is 0 Å². The van der Waals surface area contributed by atoms with E-state index in [-0.39, 0.29) is 11.1 Å². The number of rotatable bonds is 5. The van der Waals surface area contributed by atoms with Crippen LogP contribution in [0.5, 0.6) is 0 Å². The van der Waals surface area contributed by atoms with Crippen LogP contribution < -0.4 is 0 Å². The first kappa shape index (κ1) is 26.6. The largest absolute Gasteiger partial charge is 0.478 e. The van der Waals surface area contributed by atoms with Gasteiger partial charge in [0, 0.05) is 33.6 Å². The number of carboxylic acids is 1. The van der Waals surface area contributed by atoms with E-state index in [1.165, 1.54) is 7.11 Å². The normalized spacial score (nSPS) is 11.2. The van der Waals surface area contributed by atoms with Crippen molar-refractivity contribution in [1.82, 2.24) is 19.7 Å². The minimum absolute atomic E-state index is 0.113. The molecule has 0 bridgehead atoms. The predicted octanol–water partition coefficient (Wildman–Crippen LogP) is 7.05. The van der Waals surface area contributed by atoms with E-state index in [1.54, 1.807) is 35.1 Å². The van der Waals surface area contributed by atoms with E-state index in [9.17, 15) is 20.0 Å². The van der Waals surface area contributed by atoms with E-state index in [2.05, 4.69) is 11.1 Å². The predicted molar refractivity (Wildman–Crippen MR) is 167 cm³/mol. The van der Waals surface area contributed by atoms with Gasteiger partial charge >= 0.3 is 11.9 Å². The number of hydrogen-bond donors (Lipinski definition) is 2. The molecule has 0 radical (unpaired) electrons. The fourth-order valence-corrected chi connectivity index (χ4v) is 6.02. The highest BCUT2D eigenvalue weighted by atomic mass is 16.5. The lowest BCUT2D eigenvalue weighted by atomic mass is 9.88. The van der Waals surface area contributed by atoms with Crippen molar-refractivity contribution in [2.45, 2.75) is 6.92 Å². The van der Waals surface area contributed by atoms with Crippen LogP contribution in [0.3, 0.4) is 0 Å². The van der Waals surface area contributed by atoms with Crippen molar-refractivity contribution in [3.05, 3.63) is 114 Å². The van der Waals surface area contributed by atoms with Gasteiger partial charge in [0.05, 0.1) is 46.3 Å². The number of pyridine rings is 1. The van der Waals surface area contributed by atoms with Crippen LogP contribution in [-0.2, 0) is 4.74 Å². The second-order valence-electron chi connectivity index (χ2n) is 10.3. The molecule has 44 heavy (non-hydrogen) atoms. The Morgan fingerprint density at radius 1 is 0.886 bits per heavy atom. The third kappa shape index (κ3) is 3.93. The lowest BCUT2D eigenvalue weighted by Crippen LogP contribution is -2.04. The summed E-state index contributed by atoms with van der Waals surface area (Å²) < 4.78 is 6.80. The fraction of sp³-hybridized carbons (Fsp3) is 0.0571. The Bertz CT molecular complexity index is 2340. The number of ether oxygens (including phenoxy) is 1. The monoisotopic (exact) mass is 577 g/mol. The van der Waals surface area contributed by atoms with Crippen LogP contribution in [-0.4, -0.2) is 43.9 Å². The Morgan fingerprint density at radius 2 is 1.61 bits per heavy atom. The SMILES string of the molecule is COC(=O)c1cccc2[nH]cc(-c3nc4c(c(C)nn4-c4ccccc4)c(-c4cccc5cccc(C(=O)O)c45)c3C#N)c12. The molecule has 9 heteroatoms. The zero-order chi connectivity index (χ0) is 30.5.